The normalized spacial score (nSPS) is 24.1. The van der Waals surface area contributed by atoms with E-state index < -0.39 is 0 Å². The maximum Gasteiger partial charge on any atom is 0.0716 e. The van der Waals surface area contributed by atoms with Crippen LogP contribution in [0, 0.1) is 0 Å². The molecule has 1 aromatic carbocycles. The molecule has 0 atom stereocenters. The summed E-state index contributed by atoms with van der Waals surface area (Å²) in [5, 5.41) is 3.53. The molecule has 0 heterocycles. The molecular weight excluding hydrogens is 200 g/mol. The van der Waals surface area contributed by atoms with Crippen LogP contribution in [-0.2, 0) is 17.9 Å². The van der Waals surface area contributed by atoms with Crippen LogP contribution in [0.4, 0.5) is 0 Å². The largest absolute Gasteiger partial charge is 0.380 e. The summed E-state index contributed by atoms with van der Waals surface area (Å²) in [6.07, 6.45) is 2.21. The molecule has 1 aliphatic carbocycles. The van der Waals surface area contributed by atoms with Gasteiger partial charge < -0.3 is 15.8 Å². The lowest BCUT2D eigenvalue weighted by molar-refractivity contribution is 0.183. The van der Waals surface area contributed by atoms with Gasteiger partial charge in [0.2, 0.25) is 0 Å². The Morgan fingerprint density at radius 2 is 2.00 bits per heavy atom. The van der Waals surface area contributed by atoms with E-state index in [1.807, 2.05) is 0 Å². The first-order valence-electron chi connectivity index (χ1n) is 5.84. The third-order valence-electron chi connectivity index (χ3n) is 3.17. The van der Waals surface area contributed by atoms with Crippen molar-refractivity contribution in [3.05, 3.63) is 35.4 Å². The van der Waals surface area contributed by atoms with E-state index in [-0.39, 0.29) is 0 Å². The van der Waals surface area contributed by atoms with Gasteiger partial charge in [0.15, 0.2) is 0 Å². The molecule has 0 amide bonds. The standard InChI is InChI=1S/C13H20N2O/c1-16-9-11-5-3-2-4-10(11)8-15-13-6-12(14)7-13/h2-5,12-13,15H,6-9,14H2,1H3. The van der Waals surface area contributed by atoms with Crippen LogP contribution in [0.3, 0.4) is 0 Å². The molecule has 3 heteroatoms. The topological polar surface area (TPSA) is 47.3 Å². The van der Waals surface area contributed by atoms with E-state index in [1.165, 1.54) is 11.1 Å². The van der Waals surface area contributed by atoms with Gasteiger partial charge in [-0.25, -0.2) is 0 Å². The highest BCUT2D eigenvalue weighted by atomic mass is 16.5. The molecule has 1 aromatic rings. The molecule has 0 saturated heterocycles. The monoisotopic (exact) mass is 220 g/mol. The van der Waals surface area contributed by atoms with Crippen molar-refractivity contribution >= 4 is 0 Å². The second-order valence-corrected chi connectivity index (χ2v) is 4.51. The second-order valence-electron chi connectivity index (χ2n) is 4.51. The van der Waals surface area contributed by atoms with Gasteiger partial charge in [-0.1, -0.05) is 24.3 Å². The first-order valence-corrected chi connectivity index (χ1v) is 5.84. The summed E-state index contributed by atoms with van der Waals surface area (Å²) in [5.74, 6) is 0. The van der Waals surface area contributed by atoms with E-state index in [9.17, 15) is 0 Å². The predicted octanol–water partition coefficient (Wildman–Crippen LogP) is 1.41. The summed E-state index contributed by atoms with van der Waals surface area (Å²) in [6.45, 7) is 1.60. The van der Waals surface area contributed by atoms with Gasteiger partial charge in [-0.3, -0.25) is 0 Å². The minimum atomic E-state index is 0.409. The van der Waals surface area contributed by atoms with Crippen LogP contribution in [0.2, 0.25) is 0 Å². The maximum atomic E-state index is 5.76. The Labute approximate surface area is 97.0 Å². The zero-order valence-corrected chi connectivity index (χ0v) is 9.78. The van der Waals surface area contributed by atoms with Crippen LogP contribution in [0.25, 0.3) is 0 Å². The molecule has 88 valence electrons. The molecule has 3 N–H and O–H groups in total. The fraction of sp³-hybridized carbons (Fsp3) is 0.538. The Balaban J connectivity index is 1.87. The highest BCUT2D eigenvalue weighted by Crippen LogP contribution is 2.18. The fourth-order valence-electron chi connectivity index (χ4n) is 2.11. The van der Waals surface area contributed by atoms with Crippen LogP contribution in [0.5, 0.6) is 0 Å². The number of rotatable bonds is 5. The highest BCUT2D eigenvalue weighted by Gasteiger charge is 2.24. The van der Waals surface area contributed by atoms with E-state index in [1.54, 1.807) is 7.11 Å². The summed E-state index contributed by atoms with van der Waals surface area (Å²) in [5.41, 5.74) is 8.34. The van der Waals surface area contributed by atoms with Gasteiger partial charge in [0.25, 0.3) is 0 Å². The SMILES string of the molecule is COCc1ccccc1CNC1CC(N)C1. The molecule has 1 aliphatic rings. The van der Waals surface area contributed by atoms with Crippen molar-refractivity contribution in [3.8, 4) is 0 Å². The molecule has 0 radical (unpaired) electrons. The van der Waals surface area contributed by atoms with Gasteiger partial charge in [0.05, 0.1) is 6.61 Å². The van der Waals surface area contributed by atoms with Crippen molar-refractivity contribution in [3.63, 3.8) is 0 Å². The Bertz CT molecular complexity index is 334. The number of benzene rings is 1. The van der Waals surface area contributed by atoms with E-state index in [2.05, 4.69) is 29.6 Å². The minimum absolute atomic E-state index is 0.409. The molecule has 0 aromatic heterocycles. The van der Waals surface area contributed by atoms with Gasteiger partial charge >= 0.3 is 0 Å². The molecule has 0 spiro atoms. The maximum absolute atomic E-state index is 5.76. The predicted molar refractivity (Wildman–Crippen MR) is 65.0 cm³/mol. The molecule has 0 unspecified atom stereocenters. The van der Waals surface area contributed by atoms with E-state index in [0.717, 1.165) is 19.4 Å². The number of nitrogens with one attached hydrogen (secondary N) is 1. The highest BCUT2D eigenvalue weighted by molar-refractivity contribution is 5.26. The number of methoxy groups -OCH3 is 1. The van der Waals surface area contributed by atoms with E-state index in [0.29, 0.717) is 18.7 Å². The van der Waals surface area contributed by atoms with Crippen LogP contribution in [0.1, 0.15) is 24.0 Å². The zero-order chi connectivity index (χ0) is 11.4. The van der Waals surface area contributed by atoms with Crippen molar-refractivity contribution in [2.75, 3.05) is 7.11 Å². The molecule has 16 heavy (non-hydrogen) atoms. The van der Waals surface area contributed by atoms with Gasteiger partial charge in [-0.05, 0) is 24.0 Å². The van der Waals surface area contributed by atoms with Crippen molar-refractivity contribution in [2.45, 2.75) is 38.1 Å². The summed E-state index contributed by atoms with van der Waals surface area (Å²) < 4.78 is 5.18. The summed E-state index contributed by atoms with van der Waals surface area (Å²) in [4.78, 5) is 0. The number of hydrogen-bond donors (Lipinski definition) is 2. The van der Waals surface area contributed by atoms with Crippen LogP contribution >= 0.6 is 0 Å². The molecular formula is C13H20N2O. The van der Waals surface area contributed by atoms with Gasteiger partial charge in [0, 0.05) is 25.7 Å². The lowest BCUT2D eigenvalue weighted by Gasteiger charge is -2.33. The fourth-order valence-corrected chi connectivity index (χ4v) is 2.11. The minimum Gasteiger partial charge on any atom is -0.380 e. The average molecular weight is 220 g/mol. The molecule has 0 aliphatic heterocycles. The molecule has 3 nitrogen and oxygen atoms in total. The van der Waals surface area contributed by atoms with Crippen molar-refractivity contribution in [1.29, 1.82) is 0 Å². The summed E-state index contributed by atoms with van der Waals surface area (Å²) in [7, 11) is 1.73. The smallest absolute Gasteiger partial charge is 0.0716 e. The lowest BCUT2D eigenvalue weighted by Crippen LogP contribution is -2.48. The van der Waals surface area contributed by atoms with Gasteiger partial charge in [-0.2, -0.15) is 0 Å². The Kier molecular flexibility index (Phi) is 3.93. The summed E-state index contributed by atoms with van der Waals surface area (Å²) >= 11 is 0. The first-order chi connectivity index (χ1) is 7.79. The molecule has 1 fully saturated rings. The van der Waals surface area contributed by atoms with Crippen molar-refractivity contribution < 1.29 is 4.74 Å². The average Bonchev–Trinajstić information content (AvgIpc) is 2.25. The third kappa shape index (κ3) is 2.82. The summed E-state index contributed by atoms with van der Waals surface area (Å²) in [6, 6.07) is 9.41. The van der Waals surface area contributed by atoms with Crippen LogP contribution in [0.15, 0.2) is 24.3 Å². The van der Waals surface area contributed by atoms with Crippen LogP contribution < -0.4 is 11.1 Å². The molecule has 0 bridgehead atoms. The number of ether oxygens (including phenoxy) is 1. The lowest BCUT2D eigenvalue weighted by atomic mass is 9.87. The zero-order valence-electron chi connectivity index (χ0n) is 9.78. The Morgan fingerprint density at radius 1 is 1.31 bits per heavy atom. The molecule has 2 rings (SSSR count). The first kappa shape index (κ1) is 11.6. The quantitative estimate of drug-likeness (QED) is 0.789. The van der Waals surface area contributed by atoms with Crippen molar-refractivity contribution in [1.82, 2.24) is 5.32 Å². The number of nitrogens with two attached hydrogens (primary N) is 1. The Hall–Kier alpha value is -0.900. The van der Waals surface area contributed by atoms with Crippen LogP contribution in [-0.4, -0.2) is 19.2 Å². The third-order valence-corrected chi connectivity index (χ3v) is 3.17. The van der Waals surface area contributed by atoms with Gasteiger partial charge in [0.1, 0.15) is 0 Å². The van der Waals surface area contributed by atoms with E-state index >= 15 is 0 Å². The number of hydrogen-bond acceptors (Lipinski definition) is 3. The van der Waals surface area contributed by atoms with E-state index in [4.69, 9.17) is 10.5 Å². The van der Waals surface area contributed by atoms with Gasteiger partial charge in [-0.15, -0.1) is 0 Å². The molecule has 1 saturated carbocycles. The second kappa shape index (κ2) is 5.43. The Morgan fingerprint density at radius 3 is 2.62 bits per heavy atom. The van der Waals surface area contributed by atoms with Crippen molar-refractivity contribution in [2.24, 2.45) is 5.73 Å².